The number of hydrogen-bond donors (Lipinski definition) is 0. The fourth-order valence-corrected chi connectivity index (χ4v) is 5.55. The van der Waals surface area contributed by atoms with E-state index in [4.69, 9.17) is 23.4 Å². The number of pyridine rings is 2. The van der Waals surface area contributed by atoms with Gasteiger partial charge in [0.05, 0.1) is 50.3 Å². The first-order valence-electron chi connectivity index (χ1n) is 15.1. The molecule has 246 valence electrons. The zero-order chi connectivity index (χ0) is 33.6. The van der Waals surface area contributed by atoms with Gasteiger partial charge in [-0.1, -0.05) is 42.0 Å². The van der Waals surface area contributed by atoms with Crippen molar-refractivity contribution in [2.75, 3.05) is 38.4 Å². The Hall–Kier alpha value is -4.78. The molecule has 3 aromatic heterocycles. The van der Waals surface area contributed by atoms with Crippen LogP contribution in [0.3, 0.4) is 0 Å². The van der Waals surface area contributed by atoms with E-state index in [1.165, 1.54) is 17.0 Å². The van der Waals surface area contributed by atoms with E-state index < -0.39 is 21.8 Å². The molecule has 0 fully saturated rings. The number of aryl methyl sites for hydroxylation is 1. The number of imidazole rings is 1. The number of ether oxygens (including phenoxy) is 3. The normalized spacial score (nSPS) is 11.9. The summed E-state index contributed by atoms with van der Waals surface area (Å²) in [5.41, 5.74) is 4.59. The van der Waals surface area contributed by atoms with Crippen LogP contribution < -0.4 is 9.64 Å². The molecule has 3 heterocycles. The third kappa shape index (κ3) is 8.73. The van der Waals surface area contributed by atoms with Gasteiger partial charge in [0.15, 0.2) is 0 Å². The van der Waals surface area contributed by atoms with Gasteiger partial charge in [0.1, 0.15) is 22.8 Å². The van der Waals surface area contributed by atoms with E-state index in [1.807, 2.05) is 72.2 Å². The third-order valence-electron chi connectivity index (χ3n) is 7.04. The average Bonchev–Trinajstić information content (AvgIpc) is 3.47. The van der Waals surface area contributed by atoms with Crippen molar-refractivity contribution in [3.63, 3.8) is 0 Å². The number of rotatable bonds is 12. The van der Waals surface area contributed by atoms with Crippen molar-refractivity contribution in [2.45, 2.75) is 38.2 Å². The summed E-state index contributed by atoms with van der Waals surface area (Å²) in [5, 5.41) is 0. The standard InChI is InChI=1S/C35H38N4O7S/c1-25-6-13-30(14-7-25)47(41,42)45-21-20-44-19-18-39(34(40)46-35(2,3)4)33-22-28(16-17-36-33)26-8-10-27(11-9-26)31-24-38-23-29(43-5)12-15-32(38)37-31/h6-17,22-24H,18-21H2,1-5H3. The number of anilines is 1. The summed E-state index contributed by atoms with van der Waals surface area (Å²) < 4.78 is 48.5. The lowest BCUT2D eigenvalue weighted by Crippen LogP contribution is -2.39. The lowest BCUT2D eigenvalue weighted by molar-refractivity contribution is 0.0552. The highest BCUT2D eigenvalue weighted by molar-refractivity contribution is 7.86. The van der Waals surface area contributed by atoms with Gasteiger partial charge in [-0.05, 0) is 75.2 Å². The molecular formula is C35H38N4O7S. The quantitative estimate of drug-likeness (QED) is 0.109. The summed E-state index contributed by atoms with van der Waals surface area (Å²) in [6.45, 7) is 7.29. The largest absolute Gasteiger partial charge is 0.495 e. The van der Waals surface area contributed by atoms with Gasteiger partial charge in [0, 0.05) is 18.0 Å². The van der Waals surface area contributed by atoms with E-state index >= 15 is 0 Å². The molecule has 0 aliphatic carbocycles. The van der Waals surface area contributed by atoms with Gasteiger partial charge in [-0.25, -0.2) is 14.8 Å². The number of carbonyl (C=O) groups is 1. The second kappa shape index (κ2) is 14.3. The maximum atomic E-state index is 13.2. The van der Waals surface area contributed by atoms with E-state index in [9.17, 15) is 13.2 Å². The number of nitrogens with zero attached hydrogens (tertiary/aromatic N) is 4. The van der Waals surface area contributed by atoms with Gasteiger partial charge in [-0.2, -0.15) is 8.42 Å². The van der Waals surface area contributed by atoms with Crippen molar-refractivity contribution in [1.29, 1.82) is 0 Å². The van der Waals surface area contributed by atoms with E-state index in [-0.39, 0.29) is 31.3 Å². The Morgan fingerprint density at radius 2 is 1.60 bits per heavy atom. The Morgan fingerprint density at radius 3 is 2.30 bits per heavy atom. The van der Waals surface area contributed by atoms with Crippen molar-refractivity contribution in [3.05, 3.63) is 97.0 Å². The predicted octanol–water partition coefficient (Wildman–Crippen LogP) is 6.54. The molecule has 0 unspecified atom stereocenters. The Kier molecular flexibility index (Phi) is 10.2. The molecule has 47 heavy (non-hydrogen) atoms. The number of fused-ring (bicyclic) bond motifs is 1. The highest BCUT2D eigenvalue weighted by Crippen LogP contribution is 2.28. The zero-order valence-electron chi connectivity index (χ0n) is 27.0. The first-order valence-corrected chi connectivity index (χ1v) is 16.5. The average molecular weight is 659 g/mol. The summed E-state index contributed by atoms with van der Waals surface area (Å²) in [7, 11) is -2.27. The first kappa shape index (κ1) is 33.6. The van der Waals surface area contributed by atoms with Gasteiger partial charge < -0.3 is 18.6 Å². The highest BCUT2D eigenvalue weighted by atomic mass is 32.2. The number of carbonyl (C=O) groups excluding carboxylic acids is 1. The summed E-state index contributed by atoms with van der Waals surface area (Å²) in [6, 6.07) is 21.8. The molecule has 0 spiro atoms. The number of benzene rings is 2. The third-order valence-corrected chi connectivity index (χ3v) is 8.37. The maximum absolute atomic E-state index is 13.2. The van der Waals surface area contributed by atoms with Crippen LogP contribution in [0.2, 0.25) is 0 Å². The van der Waals surface area contributed by atoms with E-state index in [1.54, 1.807) is 46.2 Å². The molecule has 11 nitrogen and oxygen atoms in total. The topological polar surface area (TPSA) is 122 Å². The molecule has 0 bridgehead atoms. The molecular weight excluding hydrogens is 620 g/mol. The highest BCUT2D eigenvalue weighted by Gasteiger charge is 2.25. The number of aromatic nitrogens is 3. The summed E-state index contributed by atoms with van der Waals surface area (Å²) in [5.74, 6) is 1.13. The van der Waals surface area contributed by atoms with Gasteiger partial charge in [-0.15, -0.1) is 0 Å². The Labute approximate surface area is 274 Å². The smallest absolute Gasteiger partial charge is 0.416 e. The van der Waals surface area contributed by atoms with Crippen LogP contribution in [0.5, 0.6) is 5.75 Å². The van der Waals surface area contributed by atoms with Gasteiger partial charge >= 0.3 is 6.09 Å². The molecule has 12 heteroatoms. The minimum Gasteiger partial charge on any atom is -0.495 e. The molecule has 0 aliphatic rings. The monoisotopic (exact) mass is 658 g/mol. The van der Waals surface area contributed by atoms with Crippen molar-refractivity contribution in [1.82, 2.24) is 14.4 Å². The Bertz CT molecular complexity index is 1930. The number of methoxy groups -OCH3 is 1. The maximum Gasteiger partial charge on any atom is 0.416 e. The predicted molar refractivity (Wildman–Crippen MR) is 179 cm³/mol. The number of amides is 1. The summed E-state index contributed by atoms with van der Waals surface area (Å²) in [4.78, 5) is 23.9. The SMILES string of the molecule is COc1ccc2nc(-c3ccc(-c4ccnc(N(CCOCCOS(=O)(=O)c5ccc(C)cc5)C(=O)OC(C)(C)C)c4)cc3)cn2c1. The lowest BCUT2D eigenvalue weighted by Gasteiger charge is -2.27. The molecule has 0 radical (unpaired) electrons. The molecule has 2 aromatic carbocycles. The molecule has 1 amide bonds. The van der Waals surface area contributed by atoms with Crippen molar-refractivity contribution in [2.24, 2.45) is 0 Å². The summed E-state index contributed by atoms with van der Waals surface area (Å²) in [6.07, 6.45) is 4.89. The minimum absolute atomic E-state index is 0.00686. The van der Waals surface area contributed by atoms with Gasteiger partial charge in [-0.3, -0.25) is 9.08 Å². The van der Waals surface area contributed by atoms with Crippen LogP contribution >= 0.6 is 0 Å². The Morgan fingerprint density at radius 1 is 0.872 bits per heavy atom. The molecule has 0 N–H and O–H groups in total. The lowest BCUT2D eigenvalue weighted by atomic mass is 10.0. The van der Waals surface area contributed by atoms with Crippen molar-refractivity contribution in [3.8, 4) is 28.1 Å². The van der Waals surface area contributed by atoms with Crippen LogP contribution in [-0.4, -0.2) is 68.0 Å². The molecule has 0 saturated heterocycles. The molecule has 5 rings (SSSR count). The van der Waals surface area contributed by atoms with E-state index in [2.05, 4.69) is 4.98 Å². The molecule has 0 saturated carbocycles. The second-order valence-corrected chi connectivity index (χ2v) is 13.4. The van der Waals surface area contributed by atoms with Crippen LogP contribution in [0.15, 0.2) is 96.3 Å². The Balaban J connectivity index is 1.25. The van der Waals surface area contributed by atoms with Crippen LogP contribution in [0.25, 0.3) is 28.0 Å². The van der Waals surface area contributed by atoms with E-state index in [0.717, 1.165) is 39.3 Å². The van der Waals surface area contributed by atoms with Gasteiger partial charge in [0.2, 0.25) is 0 Å². The first-order chi connectivity index (χ1) is 22.4. The summed E-state index contributed by atoms with van der Waals surface area (Å²) >= 11 is 0. The minimum atomic E-state index is -3.90. The zero-order valence-corrected chi connectivity index (χ0v) is 27.9. The molecule has 0 atom stereocenters. The fraction of sp³-hybridized carbons (Fsp3) is 0.286. The fourth-order valence-electron chi connectivity index (χ4n) is 4.66. The van der Waals surface area contributed by atoms with Gasteiger partial charge in [0.25, 0.3) is 10.1 Å². The van der Waals surface area contributed by atoms with Crippen molar-refractivity contribution >= 4 is 27.7 Å². The second-order valence-electron chi connectivity index (χ2n) is 11.8. The molecule has 5 aromatic rings. The van der Waals surface area contributed by atoms with E-state index in [0.29, 0.717) is 5.82 Å². The molecule has 0 aliphatic heterocycles. The number of hydrogen-bond acceptors (Lipinski definition) is 9. The van der Waals surface area contributed by atoms with Crippen LogP contribution in [0.1, 0.15) is 26.3 Å². The van der Waals surface area contributed by atoms with Crippen LogP contribution in [0.4, 0.5) is 10.6 Å². The van der Waals surface area contributed by atoms with Crippen molar-refractivity contribution < 1.29 is 31.6 Å². The van der Waals surface area contributed by atoms with Crippen LogP contribution in [0, 0.1) is 6.92 Å². The van der Waals surface area contributed by atoms with Crippen LogP contribution in [-0.2, 0) is 23.8 Å².